The van der Waals surface area contributed by atoms with E-state index < -0.39 is 70.6 Å². The van der Waals surface area contributed by atoms with Crippen molar-refractivity contribution in [2.45, 2.75) is 37.1 Å². The molecule has 1 saturated carbocycles. The summed E-state index contributed by atoms with van der Waals surface area (Å²) >= 11 is 7.73. The Balaban J connectivity index is 1.36. The Hall–Kier alpha value is -4.94. The minimum absolute atomic E-state index is 0.00853. The molecule has 0 bridgehead atoms. The Morgan fingerprint density at radius 2 is 1.69 bits per heavy atom. The van der Waals surface area contributed by atoms with Gasteiger partial charge in [0.1, 0.15) is 11.5 Å². The second-order valence-electron chi connectivity index (χ2n) is 13.2. The van der Waals surface area contributed by atoms with Gasteiger partial charge in [0.25, 0.3) is 0 Å². The molecular formula is C38H28ClF3N2O6S. The fourth-order valence-electron chi connectivity index (χ4n) is 8.83. The molecule has 8 rings (SSSR count). The van der Waals surface area contributed by atoms with Crippen LogP contribution < -0.4 is 9.64 Å². The Kier molecular flexibility index (Phi) is 7.87. The van der Waals surface area contributed by atoms with E-state index in [-0.39, 0.29) is 41.6 Å². The number of likely N-dealkylation sites (tertiary alicyclic amines) is 1. The molecule has 260 valence electrons. The van der Waals surface area contributed by atoms with Gasteiger partial charge in [-0.05, 0) is 72.2 Å². The number of rotatable bonds is 6. The van der Waals surface area contributed by atoms with Gasteiger partial charge in [-0.1, -0.05) is 65.7 Å². The molecule has 2 aliphatic heterocycles. The predicted molar refractivity (Wildman–Crippen MR) is 181 cm³/mol. The van der Waals surface area contributed by atoms with E-state index in [1.807, 2.05) is 17.5 Å². The van der Waals surface area contributed by atoms with Gasteiger partial charge in [0.05, 0.1) is 35.4 Å². The summed E-state index contributed by atoms with van der Waals surface area (Å²) in [6.07, 6.45) is -3.18. The van der Waals surface area contributed by atoms with Crippen LogP contribution in [0.15, 0.2) is 102 Å². The Morgan fingerprint density at radius 3 is 2.39 bits per heavy atom. The first-order chi connectivity index (χ1) is 24.4. The third-order valence-corrected chi connectivity index (χ3v) is 11.8. The number of carbonyl (C=O) groups excluding carboxylic acids is 4. The molecule has 1 N–H and O–H groups in total. The van der Waals surface area contributed by atoms with Crippen molar-refractivity contribution in [3.8, 4) is 11.5 Å². The van der Waals surface area contributed by atoms with Gasteiger partial charge in [0.2, 0.25) is 23.6 Å². The lowest BCUT2D eigenvalue weighted by molar-refractivity contribution is -0.274. The van der Waals surface area contributed by atoms with Crippen LogP contribution in [-0.4, -0.2) is 40.0 Å². The number of carbonyl (C=O) groups is 4. The highest BCUT2D eigenvalue weighted by atomic mass is 35.5. The fourth-order valence-corrected chi connectivity index (χ4v) is 9.71. The molecule has 0 radical (unpaired) electrons. The molecule has 4 aromatic rings. The van der Waals surface area contributed by atoms with E-state index in [4.69, 9.17) is 11.6 Å². The largest absolute Gasteiger partial charge is 0.573 e. The van der Waals surface area contributed by atoms with Crippen LogP contribution in [-0.2, 0) is 31.1 Å². The molecule has 3 aromatic carbocycles. The van der Waals surface area contributed by atoms with Crippen molar-refractivity contribution in [1.29, 1.82) is 0 Å². The first-order valence-electron chi connectivity index (χ1n) is 16.3. The van der Waals surface area contributed by atoms with Crippen molar-refractivity contribution in [3.05, 3.63) is 123 Å². The highest BCUT2D eigenvalue weighted by Gasteiger charge is 2.70. The molecule has 1 aromatic heterocycles. The van der Waals surface area contributed by atoms with E-state index in [2.05, 4.69) is 4.74 Å². The summed E-state index contributed by atoms with van der Waals surface area (Å²) in [5.41, 5.74) is -0.778. The molecule has 2 saturated heterocycles. The molecule has 13 heteroatoms. The standard InChI is InChI=1S/C38H28ClF3N2O6S/c39-21-8-4-9-22(16-21)44-34(47)29-18-27-25(12-13-26-31(27)35(48)43(33(26)46)19-24-10-5-15-51-24)32(37(29,36(44)49)20-6-2-1-3-7-20)28-17-23(11-14-30(28)45)50-38(40,41)42/h1-12,14-17,26-27,29,31-32,45H,13,18-19H2/t26-,27+,29-,31-,32+,37+/m0/s1. The summed E-state index contributed by atoms with van der Waals surface area (Å²) in [6.45, 7) is 0.0861. The maximum absolute atomic E-state index is 15.3. The molecule has 51 heavy (non-hydrogen) atoms. The molecular weight excluding hydrogens is 705 g/mol. The van der Waals surface area contributed by atoms with Crippen molar-refractivity contribution in [3.63, 3.8) is 0 Å². The first kappa shape index (κ1) is 33.2. The third-order valence-electron chi connectivity index (χ3n) is 10.7. The van der Waals surface area contributed by atoms with Crippen LogP contribution in [0.25, 0.3) is 0 Å². The summed E-state index contributed by atoms with van der Waals surface area (Å²) in [4.78, 5) is 61.2. The number of nitrogens with zero attached hydrogens (tertiary/aromatic N) is 2. The summed E-state index contributed by atoms with van der Waals surface area (Å²) in [5.74, 6) is -7.86. The average Bonchev–Trinajstić information content (AvgIpc) is 3.76. The van der Waals surface area contributed by atoms with E-state index in [1.54, 1.807) is 54.6 Å². The number of alkyl halides is 3. The number of amides is 4. The molecule has 3 fully saturated rings. The second kappa shape index (κ2) is 12.1. The fraction of sp³-hybridized carbons (Fsp3) is 0.263. The summed E-state index contributed by atoms with van der Waals surface area (Å²) in [5, 5.41) is 13.6. The second-order valence-corrected chi connectivity index (χ2v) is 14.7. The number of aromatic hydroxyl groups is 1. The lowest BCUT2D eigenvalue weighted by Gasteiger charge is -2.50. The van der Waals surface area contributed by atoms with Gasteiger partial charge >= 0.3 is 6.36 Å². The van der Waals surface area contributed by atoms with Crippen LogP contribution in [0.1, 0.15) is 34.8 Å². The van der Waals surface area contributed by atoms with Crippen LogP contribution in [0, 0.1) is 23.7 Å². The molecule has 0 unspecified atom stereocenters. The van der Waals surface area contributed by atoms with Gasteiger partial charge in [-0.15, -0.1) is 24.5 Å². The van der Waals surface area contributed by atoms with Crippen LogP contribution in [0.3, 0.4) is 0 Å². The highest BCUT2D eigenvalue weighted by molar-refractivity contribution is 7.09. The maximum atomic E-state index is 15.3. The van der Waals surface area contributed by atoms with Gasteiger partial charge in [-0.2, -0.15) is 0 Å². The van der Waals surface area contributed by atoms with Crippen molar-refractivity contribution >= 4 is 52.3 Å². The number of thiophene rings is 1. The SMILES string of the molecule is O=C1[C@H]2[C@H](CC=C3[C@H]2C[C@H]2C(=O)N(c4cccc(Cl)c4)C(=O)[C@@]2(c2ccccc2)[C@H]3c2cc(OC(F)(F)F)ccc2O)C(=O)N1Cc1cccs1. The van der Waals surface area contributed by atoms with Gasteiger partial charge < -0.3 is 9.84 Å². The van der Waals surface area contributed by atoms with Crippen LogP contribution >= 0.6 is 22.9 Å². The summed E-state index contributed by atoms with van der Waals surface area (Å²) in [6, 6.07) is 21.4. The number of hydrogen-bond acceptors (Lipinski definition) is 7. The lowest BCUT2D eigenvalue weighted by atomic mass is 9.49. The van der Waals surface area contributed by atoms with Gasteiger partial charge in [-0.3, -0.25) is 24.1 Å². The normalized spacial score (nSPS) is 27.3. The number of benzene rings is 3. The number of halogens is 4. The number of hydrogen-bond donors (Lipinski definition) is 1. The van der Waals surface area contributed by atoms with Gasteiger partial charge in [0, 0.05) is 21.4 Å². The number of phenolic OH excluding ortho intramolecular Hbond substituents is 1. The third kappa shape index (κ3) is 5.18. The zero-order valence-corrected chi connectivity index (χ0v) is 28.1. The van der Waals surface area contributed by atoms with E-state index >= 15 is 4.79 Å². The predicted octanol–water partition coefficient (Wildman–Crippen LogP) is 7.37. The van der Waals surface area contributed by atoms with E-state index in [0.29, 0.717) is 11.1 Å². The molecule has 0 spiro atoms. The number of allylic oxidation sites excluding steroid dienone is 2. The molecule has 6 atom stereocenters. The van der Waals surface area contributed by atoms with E-state index in [1.165, 1.54) is 22.3 Å². The van der Waals surface area contributed by atoms with Crippen molar-refractivity contribution in [1.82, 2.24) is 4.90 Å². The van der Waals surface area contributed by atoms with Crippen LogP contribution in [0.5, 0.6) is 11.5 Å². The molecule has 3 heterocycles. The zero-order chi connectivity index (χ0) is 35.8. The summed E-state index contributed by atoms with van der Waals surface area (Å²) in [7, 11) is 0. The van der Waals surface area contributed by atoms with Crippen LogP contribution in [0.2, 0.25) is 5.02 Å². The Bertz CT molecular complexity index is 2120. The quantitative estimate of drug-likeness (QED) is 0.164. The summed E-state index contributed by atoms with van der Waals surface area (Å²) < 4.78 is 44.9. The Labute approximate surface area is 298 Å². The van der Waals surface area contributed by atoms with Gasteiger partial charge in [-0.25, -0.2) is 4.90 Å². The number of anilines is 1. The maximum Gasteiger partial charge on any atom is 0.573 e. The lowest BCUT2D eigenvalue weighted by Crippen LogP contribution is -2.53. The first-order valence-corrected chi connectivity index (χ1v) is 17.5. The number of ether oxygens (including phenoxy) is 1. The van der Waals surface area contributed by atoms with E-state index in [9.17, 15) is 32.7 Å². The van der Waals surface area contributed by atoms with Crippen molar-refractivity contribution in [2.24, 2.45) is 23.7 Å². The molecule has 2 aliphatic carbocycles. The highest BCUT2D eigenvalue weighted by Crippen LogP contribution is 2.65. The topological polar surface area (TPSA) is 104 Å². The smallest absolute Gasteiger partial charge is 0.508 e. The minimum atomic E-state index is -5.06. The molecule has 8 nitrogen and oxygen atoms in total. The number of imide groups is 2. The monoisotopic (exact) mass is 732 g/mol. The van der Waals surface area contributed by atoms with E-state index in [0.717, 1.165) is 28.0 Å². The number of phenols is 1. The van der Waals surface area contributed by atoms with Crippen molar-refractivity contribution in [2.75, 3.05) is 4.90 Å². The van der Waals surface area contributed by atoms with Gasteiger partial charge in [0.15, 0.2) is 0 Å². The number of fused-ring (bicyclic) bond motifs is 4. The molecule has 4 aliphatic rings. The average molecular weight is 733 g/mol. The van der Waals surface area contributed by atoms with Crippen molar-refractivity contribution < 1.29 is 42.2 Å². The van der Waals surface area contributed by atoms with Crippen LogP contribution in [0.4, 0.5) is 18.9 Å². The molecule has 4 amide bonds. The minimum Gasteiger partial charge on any atom is -0.508 e. The Morgan fingerprint density at radius 1 is 0.902 bits per heavy atom. The zero-order valence-electron chi connectivity index (χ0n) is 26.5.